The summed E-state index contributed by atoms with van der Waals surface area (Å²) in [5.74, 6) is -0.199. The lowest BCUT2D eigenvalue weighted by molar-refractivity contribution is -0.0505. The van der Waals surface area contributed by atoms with Gasteiger partial charge in [-0.05, 0) is 60.2 Å². The third-order valence-corrected chi connectivity index (χ3v) is 7.13. The predicted molar refractivity (Wildman–Crippen MR) is 104 cm³/mol. The molecule has 5 rings (SSSR count). The van der Waals surface area contributed by atoms with E-state index in [2.05, 4.69) is 10.2 Å². The zero-order chi connectivity index (χ0) is 19.3. The number of nitrogens with zero attached hydrogens (tertiary/aromatic N) is 1. The zero-order valence-electron chi connectivity index (χ0n) is 15.9. The standard InChI is InChI=1S/C23H26F2N2O/c24-16-3-1-15(2-4-16)20-12-22(21-11-17(25)5-6-19(20)21)23-13-18(28)7-9-27(23)10-8-26-14-23/h1-6,11,18,20,22,26,28H,7-10,12-14H2. The summed E-state index contributed by atoms with van der Waals surface area (Å²) in [7, 11) is 0. The Hall–Kier alpha value is -1.82. The van der Waals surface area contributed by atoms with Crippen LogP contribution in [0.5, 0.6) is 0 Å². The van der Waals surface area contributed by atoms with Gasteiger partial charge in [-0.1, -0.05) is 18.2 Å². The van der Waals surface area contributed by atoms with E-state index < -0.39 is 0 Å². The van der Waals surface area contributed by atoms with Crippen LogP contribution < -0.4 is 5.32 Å². The summed E-state index contributed by atoms with van der Waals surface area (Å²) < 4.78 is 27.7. The summed E-state index contributed by atoms with van der Waals surface area (Å²) >= 11 is 0. The van der Waals surface area contributed by atoms with Gasteiger partial charge in [0, 0.05) is 43.6 Å². The number of hydrogen-bond donors (Lipinski definition) is 2. The quantitative estimate of drug-likeness (QED) is 0.833. The van der Waals surface area contributed by atoms with Crippen molar-refractivity contribution < 1.29 is 13.9 Å². The maximum absolute atomic E-state index is 14.3. The van der Waals surface area contributed by atoms with Crippen molar-refractivity contribution in [1.29, 1.82) is 0 Å². The average molecular weight is 384 g/mol. The first-order valence-electron chi connectivity index (χ1n) is 10.3. The molecule has 2 aromatic rings. The summed E-state index contributed by atoms with van der Waals surface area (Å²) in [4.78, 5) is 2.52. The molecule has 28 heavy (non-hydrogen) atoms. The number of rotatable bonds is 2. The Morgan fingerprint density at radius 3 is 2.61 bits per heavy atom. The maximum Gasteiger partial charge on any atom is 0.123 e. The van der Waals surface area contributed by atoms with E-state index >= 15 is 0 Å². The van der Waals surface area contributed by atoms with Gasteiger partial charge in [0.15, 0.2) is 0 Å². The van der Waals surface area contributed by atoms with E-state index in [1.165, 1.54) is 18.2 Å². The van der Waals surface area contributed by atoms with Crippen molar-refractivity contribution in [2.75, 3.05) is 26.2 Å². The van der Waals surface area contributed by atoms with Gasteiger partial charge in [0.1, 0.15) is 11.6 Å². The molecule has 0 radical (unpaired) electrons. The molecule has 2 aliphatic heterocycles. The number of piperidine rings is 1. The van der Waals surface area contributed by atoms with Gasteiger partial charge in [-0.3, -0.25) is 4.90 Å². The van der Waals surface area contributed by atoms with Crippen molar-refractivity contribution in [3.8, 4) is 0 Å². The molecule has 0 bridgehead atoms. The van der Waals surface area contributed by atoms with Crippen molar-refractivity contribution in [3.05, 3.63) is 70.8 Å². The molecule has 4 atom stereocenters. The molecular formula is C23H26F2N2O. The second-order valence-corrected chi connectivity index (χ2v) is 8.58. The average Bonchev–Trinajstić information content (AvgIpc) is 3.07. The van der Waals surface area contributed by atoms with E-state index in [-0.39, 0.29) is 35.1 Å². The minimum atomic E-state index is -0.321. The van der Waals surface area contributed by atoms with Crippen LogP contribution in [-0.2, 0) is 0 Å². The lowest BCUT2D eigenvalue weighted by Gasteiger charge is -2.55. The third kappa shape index (κ3) is 2.88. The topological polar surface area (TPSA) is 35.5 Å². The Morgan fingerprint density at radius 2 is 1.79 bits per heavy atom. The van der Waals surface area contributed by atoms with E-state index in [9.17, 15) is 13.9 Å². The smallest absolute Gasteiger partial charge is 0.123 e. The molecule has 0 amide bonds. The largest absolute Gasteiger partial charge is 0.393 e. The molecule has 4 unspecified atom stereocenters. The van der Waals surface area contributed by atoms with Crippen molar-refractivity contribution in [1.82, 2.24) is 10.2 Å². The SMILES string of the molecule is OC1CCN2CCNCC2(C2CC(c3ccc(F)cc3)c3ccc(F)cc32)C1. The van der Waals surface area contributed by atoms with Gasteiger partial charge in [-0.2, -0.15) is 0 Å². The van der Waals surface area contributed by atoms with Crippen molar-refractivity contribution in [2.24, 2.45) is 0 Å². The van der Waals surface area contributed by atoms with Crippen molar-refractivity contribution >= 4 is 0 Å². The molecule has 2 N–H and O–H groups in total. The highest BCUT2D eigenvalue weighted by atomic mass is 19.1. The van der Waals surface area contributed by atoms with E-state index in [0.717, 1.165) is 55.7 Å². The minimum absolute atomic E-state index is 0.124. The molecule has 2 heterocycles. The highest BCUT2D eigenvalue weighted by Crippen LogP contribution is 2.54. The first kappa shape index (κ1) is 18.2. The van der Waals surface area contributed by atoms with E-state index in [1.807, 2.05) is 18.2 Å². The van der Waals surface area contributed by atoms with Gasteiger partial charge in [0.2, 0.25) is 0 Å². The Balaban J connectivity index is 1.60. The lowest BCUT2D eigenvalue weighted by atomic mass is 9.71. The molecule has 2 aromatic carbocycles. The van der Waals surface area contributed by atoms with Crippen LogP contribution in [0.3, 0.4) is 0 Å². The van der Waals surface area contributed by atoms with E-state index in [1.54, 1.807) is 6.07 Å². The van der Waals surface area contributed by atoms with Gasteiger partial charge < -0.3 is 10.4 Å². The first-order chi connectivity index (χ1) is 13.6. The summed E-state index contributed by atoms with van der Waals surface area (Å²) in [5, 5.41) is 14.1. The molecule has 0 spiro atoms. The Morgan fingerprint density at radius 1 is 1.00 bits per heavy atom. The van der Waals surface area contributed by atoms with Crippen LogP contribution >= 0.6 is 0 Å². The number of piperazine rings is 1. The molecular weight excluding hydrogens is 358 g/mol. The summed E-state index contributed by atoms with van der Waals surface area (Å²) in [6.45, 7) is 3.59. The van der Waals surface area contributed by atoms with Crippen molar-refractivity contribution in [2.45, 2.75) is 42.7 Å². The summed E-state index contributed by atoms with van der Waals surface area (Å²) in [6, 6.07) is 11.8. The second kappa shape index (κ2) is 6.90. The van der Waals surface area contributed by atoms with Crippen LogP contribution in [0, 0.1) is 11.6 Å². The van der Waals surface area contributed by atoms with Crippen LogP contribution in [0.1, 0.15) is 47.8 Å². The third-order valence-electron chi connectivity index (χ3n) is 7.13. The minimum Gasteiger partial charge on any atom is -0.393 e. The number of fused-ring (bicyclic) bond motifs is 2. The number of aliphatic hydroxyl groups excluding tert-OH is 1. The molecule has 148 valence electrons. The molecule has 0 aromatic heterocycles. The maximum atomic E-state index is 14.3. The Labute approximate surface area is 164 Å². The fourth-order valence-corrected chi connectivity index (χ4v) is 5.86. The molecule has 3 nitrogen and oxygen atoms in total. The lowest BCUT2D eigenvalue weighted by Crippen LogP contribution is -2.67. The molecule has 2 saturated heterocycles. The molecule has 1 aliphatic carbocycles. The molecule has 5 heteroatoms. The fraction of sp³-hybridized carbons (Fsp3) is 0.478. The highest BCUT2D eigenvalue weighted by molar-refractivity contribution is 5.47. The second-order valence-electron chi connectivity index (χ2n) is 8.58. The van der Waals surface area contributed by atoms with Crippen LogP contribution in [0.15, 0.2) is 42.5 Å². The van der Waals surface area contributed by atoms with Gasteiger partial charge in [0.05, 0.1) is 6.10 Å². The predicted octanol–water partition coefficient (Wildman–Crippen LogP) is 3.38. The van der Waals surface area contributed by atoms with Gasteiger partial charge in [-0.25, -0.2) is 8.78 Å². The van der Waals surface area contributed by atoms with E-state index in [0.29, 0.717) is 6.42 Å². The highest BCUT2D eigenvalue weighted by Gasteiger charge is 2.52. The van der Waals surface area contributed by atoms with Crippen LogP contribution in [0.25, 0.3) is 0 Å². The number of benzene rings is 2. The zero-order valence-corrected chi connectivity index (χ0v) is 15.9. The van der Waals surface area contributed by atoms with E-state index in [4.69, 9.17) is 0 Å². The summed E-state index contributed by atoms with van der Waals surface area (Å²) in [6.07, 6.45) is 2.04. The van der Waals surface area contributed by atoms with Crippen LogP contribution in [-0.4, -0.2) is 47.8 Å². The normalized spacial score (nSPS) is 32.8. The summed E-state index contributed by atoms with van der Waals surface area (Å²) in [5.41, 5.74) is 3.06. The number of aliphatic hydroxyl groups is 1. The van der Waals surface area contributed by atoms with Gasteiger partial charge in [0.25, 0.3) is 0 Å². The molecule has 2 fully saturated rings. The van der Waals surface area contributed by atoms with Gasteiger partial charge in [-0.15, -0.1) is 0 Å². The number of nitrogens with one attached hydrogen (secondary N) is 1. The van der Waals surface area contributed by atoms with Gasteiger partial charge >= 0.3 is 0 Å². The fourth-order valence-electron chi connectivity index (χ4n) is 5.86. The first-order valence-corrected chi connectivity index (χ1v) is 10.3. The molecule has 3 aliphatic rings. The number of halogens is 2. The van der Waals surface area contributed by atoms with Crippen LogP contribution in [0.2, 0.25) is 0 Å². The Bertz CT molecular complexity index is 871. The van der Waals surface area contributed by atoms with Crippen LogP contribution in [0.4, 0.5) is 8.78 Å². The monoisotopic (exact) mass is 384 g/mol. The van der Waals surface area contributed by atoms with Crippen molar-refractivity contribution in [3.63, 3.8) is 0 Å². The number of hydrogen-bond acceptors (Lipinski definition) is 3. The molecule has 0 saturated carbocycles. The Kier molecular flexibility index (Phi) is 4.49.